The zero-order valence-corrected chi connectivity index (χ0v) is 26.4. The van der Waals surface area contributed by atoms with Crippen LogP contribution in [0.2, 0.25) is 0 Å². The van der Waals surface area contributed by atoms with Gasteiger partial charge in [-0.1, -0.05) is 31.2 Å². The molecule has 4 atom stereocenters. The van der Waals surface area contributed by atoms with Crippen molar-refractivity contribution >= 4 is 23.2 Å². The van der Waals surface area contributed by atoms with Gasteiger partial charge in [-0.15, -0.1) is 0 Å². The van der Waals surface area contributed by atoms with Crippen LogP contribution in [-0.2, 0) is 26.9 Å². The van der Waals surface area contributed by atoms with E-state index in [0.717, 1.165) is 54.3 Å². The zero-order valence-electron chi connectivity index (χ0n) is 25.6. The summed E-state index contributed by atoms with van der Waals surface area (Å²) in [5, 5.41) is 0. The maximum atomic E-state index is 15.0. The van der Waals surface area contributed by atoms with Gasteiger partial charge in [0.25, 0.3) is 0 Å². The number of benzene rings is 2. The molecule has 2 aromatic carbocycles. The fraction of sp³-hybridized carbons (Fsp3) is 0.441. The number of aryl methyl sites for hydroxylation is 1. The van der Waals surface area contributed by atoms with Crippen molar-refractivity contribution in [3.8, 4) is 22.8 Å². The number of fused-ring (bicyclic) bond motifs is 1. The molecule has 1 saturated carbocycles. The molecule has 1 aliphatic heterocycles. The highest BCUT2D eigenvalue weighted by Crippen LogP contribution is 2.48. The Labute approximate surface area is 255 Å². The van der Waals surface area contributed by atoms with E-state index in [0.29, 0.717) is 22.6 Å². The van der Waals surface area contributed by atoms with Crippen molar-refractivity contribution < 1.29 is 27.6 Å². The number of pyridine rings is 1. The number of carbonyl (C=O) groups is 1. The van der Waals surface area contributed by atoms with E-state index in [-0.39, 0.29) is 29.8 Å². The van der Waals surface area contributed by atoms with Gasteiger partial charge in [0.05, 0.1) is 31.1 Å². The molecular formula is C34H39FN2O5S. The smallest absolute Gasteiger partial charge is 0.309 e. The monoisotopic (exact) mass is 606 g/mol. The second-order valence-corrected chi connectivity index (χ2v) is 14.3. The lowest BCUT2D eigenvalue weighted by atomic mass is 9.82. The first-order valence-electron chi connectivity index (χ1n) is 14.7. The average molecular weight is 607 g/mol. The largest absolute Gasteiger partial charge is 0.485 e. The number of aromatic nitrogens is 1. The first-order chi connectivity index (χ1) is 20.5. The molecule has 2 aliphatic rings. The van der Waals surface area contributed by atoms with Gasteiger partial charge in [-0.3, -0.25) is 4.79 Å². The lowest BCUT2D eigenvalue weighted by Crippen LogP contribution is -2.23. The Morgan fingerprint density at radius 2 is 1.88 bits per heavy atom. The fourth-order valence-electron chi connectivity index (χ4n) is 5.72. The normalized spacial score (nSPS) is 18.8. The Morgan fingerprint density at radius 1 is 1.12 bits per heavy atom. The van der Waals surface area contributed by atoms with Crippen LogP contribution in [-0.4, -0.2) is 40.3 Å². The van der Waals surface area contributed by atoms with Gasteiger partial charge in [0.1, 0.15) is 28.7 Å². The summed E-state index contributed by atoms with van der Waals surface area (Å²) in [4.78, 5) is 16.4. The second kappa shape index (κ2) is 12.6. The minimum Gasteiger partial charge on any atom is -0.485 e. The van der Waals surface area contributed by atoms with Gasteiger partial charge >= 0.3 is 5.97 Å². The summed E-state index contributed by atoms with van der Waals surface area (Å²) in [6.07, 6.45) is 6.24. The molecule has 0 unspecified atom stereocenters. The Kier molecular flexibility index (Phi) is 9.02. The van der Waals surface area contributed by atoms with Crippen molar-refractivity contribution in [3.05, 3.63) is 76.7 Å². The van der Waals surface area contributed by atoms with Gasteiger partial charge in [0.2, 0.25) is 5.88 Å². The van der Waals surface area contributed by atoms with Crippen molar-refractivity contribution in [2.45, 2.75) is 70.1 Å². The van der Waals surface area contributed by atoms with E-state index >= 15 is 0 Å². The number of esters is 1. The highest BCUT2D eigenvalue weighted by atomic mass is 32.2. The van der Waals surface area contributed by atoms with Crippen molar-refractivity contribution in [1.29, 1.82) is 0 Å². The van der Waals surface area contributed by atoms with Crippen LogP contribution in [0.25, 0.3) is 11.1 Å². The number of hydrogen-bond acceptors (Lipinski definition) is 6. The molecule has 0 amide bonds. The van der Waals surface area contributed by atoms with E-state index in [1.165, 1.54) is 14.2 Å². The molecule has 0 spiro atoms. The number of rotatable bonds is 9. The minimum absolute atomic E-state index is 0.0831. The number of halogens is 1. The van der Waals surface area contributed by atoms with Gasteiger partial charge < -0.3 is 14.2 Å². The van der Waals surface area contributed by atoms with E-state index < -0.39 is 21.5 Å². The molecule has 1 aromatic heterocycles. The zero-order chi connectivity index (χ0) is 30.9. The summed E-state index contributed by atoms with van der Waals surface area (Å²) < 4.78 is 48.5. The lowest BCUT2D eigenvalue weighted by molar-refractivity contribution is -0.145. The lowest BCUT2D eigenvalue weighted by Gasteiger charge is -2.29. The molecule has 0 radical (unpaired) electrons. The maximum Gasteiger partial charge on any atom is 0.309 e. The Bertz CT molecular complexity index is 1560. The van der Waals surface area contributed by atoms with E-state index in [1.54, 1.807) is 12.3 Å². The van der Waals surface area contributed by atoms with Crippen LogP contribution < -0.4 is 9.47 Å². The van der Waals surface area contributed by atoms with Crippen LogP contribution in [0.5, 0.6) is 11.6 Å². The quantitative estimate of drug-likeness (QED) is 0.190. The maximum absolute atomic E-state index is 15.0. The minimum atomic E-state index is -1.49. The van der Waals surface area contributed by atoms with Crippen molar-refractivity contribution in [2.75, 3.05) is 14.2 Å². The van der Waals surface area contributed by atoms with Gasteiger partial charge in [-0.05, 0) is 92.7 Å². The molecule has 5 rings (SSSR count). The predicted octanol–water partition coefficient (Wildman–Crippen LogP) is 7.15. The molecular weight excluding hydrogens is 567 g/mol. The number of ether oxygens (including phenoxy) is 3. The molecule has 1 aliphatic carbocycles. The number of carbonyl (C=O) groups excluding carboxylic acids is 1. The van der Waals surface area contributed by atoms with Crippen LogP contribution in [0.3, 0.4) is 0 Å². The number of methoxy groups -OCH3 is 2. The Morgan fingerprint density at radius 3 is 2.56 bits per heavy atom. The molecule has 7 nitrogen and oxygen atoms in total. The van der Waals surface area contributed by atoms with Crippen LogP contribution in [0.15, 0.2) is 53.1 Å². The number of hydrogen-bond donors (Lipinski definition) is 0. The highest BCUT2D eigenvalue weighted by molar-refractivity contribution is 7.85. The van der Waals surface area contributed by atoms with Gasteiger partial charge in [0.15, 0.2) is 0 Å². The molecule has 0 bridgehead atoms. The Hall–Kier alpha value is -3.59. The van der Waals surface area contributed by atoms with Crippen LogP contribution in [0, 0.1) is 17.7 Å². The topological polar surface area (TPSA) is 87.1 Å². The average Bonchev–Trinajstić information content (AvgIpc) is 3.84. The summed E-state index contributed by atoms with van der Waals surface area (Å²) in [6.45, 7) is 7.50. The molecule has 2 heterocycles. The second-order valence-electron chi connectivity index (χ2n) is 12.3. The first kappa shape index (κ1) is 30.9. The summed E-state index contributed by atoms with van der Waals surface area (Å²) in [5.41, 5.74) is 4.64. The van der Waals surface area contributed by atoms with Gasteiger partial charge in [-0.2, -0.15) is 4.40 Å². The molecule has 43 heavy (non-hydrogen) atoms. The summed E-state index contributed by atoms with van der Waals surface area (Å²) >= 11 is 0. The third-order valence-corrected chi connectivity index (χ3v) is 9.60. The van der Waals surface area contributed by atoms with Gasteiger partial charge in [-0.25, -0.2) is 13.6 Å². The standard InChI is InChI=1S/C34H39FN2O5S/c1-20(33(38)41-6)32(22-8-9-22)24-10-7-21-12-14-29(42-30(21)16-24)23-11-13-26(27-17-31(40-5)36-19-28(27)35)25(15-23)18-37-43(39)34(2,3)4/h7,10-11,13,15-20,22,29,32H,8-9,12,14H2,1-6H3/b37-18+/t20-,29+,32-,43-/m0/s1. The molecule has 3 aromatic rings. The highest BCUT2D eigenvalue weighted by Gasteiger charge is 2.39. The van der Waals surface area contributed by atoms with Crippen molar-refractivity contribution in [1.82, 2.24) is 4.98 Å². The first-order valence-corrected chi connectivity index (χ1v) is 15.8. The molecule has 0 N–H and O–H groups in total. The Balaban J connectivity index is 1.49. The van der Waals surface area contributed by atoms with E-state index in [2.05, 4.69) is 27.6 Å². The summed E-state index contributed by atoms with van der Waals surface area (Å²) in [5.74, 6) is 0.715. The molecule has 228 valence electrons. The molecule has 1 fully saturated rings. The number of nitrogens with zero attached hydrogens (tertiary/aromatic N) is 2. The third kappa shape index (κ3) is 6.82. The van der Waals surface area contributed by atoms with E-state index in [9.17, 15) is 13.4 Å². The SMILES string of the molecule is COC(=O)[C@@H](C)[C@H](c1ccc2c(c1)O[C@@H](c1ccc(-c3cc(OC)ncc3F)c(/C=N/[S@@](=O)C(C)(C)C)c1)CC2)C1CC1. The van der Waals surface area contributed by atoms with Crippen molar-refractivity contribution in [3.63, 3.8) is 0 Å². The van der Waals surface area contributed by atoms with E-state index in [4.69, 9.17) is 14.2 Å². The predicted molar refractivity (Wildman–Crippen MR) is 166 cm³/mol. The van der Waals surface area contributed by atoms with Crippen molar-refractivity contribution in [2.24, 2.45) is 16.2 Å². The summed E-state index contributed by atoms with van der Waals surface area (Å²) in [6, 6.07) is 13.6. The van der Waals surface area contributed by atoms with E-state index in [1.807, 2.05) is 45.9 Å². The van der Waals surface area contributed by atoms with Crippen LogP contribution in [0.4, 0.5) is 4.39 Å². The third-order valence-electron chi connectivity index (χ3n) is 8.25. The molecule has 0 saturated heterocycles. The van der Waals surface area contributed by atoms with Gasteiger partial charge in [0, 0.05) is 23.4 Å². The van der Waals surface area contributed by atoms with Crippen LogP contribution in [0.1, 0.15) is 81.2 Å². The van der Waals surface area contributed by atoms with Crippen LogP contribution >= 0.6 is 0 Å². The summed E-state index contributed by atoms with van der Waals surface area (Å²) in [7, 11) is 1.42. The fourth-order valence-corrected chi connectivity index (χ4v) is 6.24. The molecule has 9 heteroatoms.